The Kier molecular flexibility index (Phi) is 7.97. The smallest absolute Gasteiger partial charge is 0.330 e. The van der Waals surface area contributed by atoms with Crippen LogP contribution in [0.4, 0.5) is 0 Å². The average Bonchev–Trinajstić information content (AvgIpc) is 2.16. The molecule has 4 heteroatoms. The second-order valence-corrected chi connectivity index (χ2v) is 3.98. The van der Waals surface area contributed by atoms with E-state index in [4.69, 9.17) is 5.11 Å². The van der Waals surface area contributed by atoms with Gasteiger partial charge in [-0.3, -0.25) is 4.79 Å². The van der Waals surface area contributed by atoms with Crippen molar-refractivity contribution < 1.29 is 19.4 Å². The second kappa shape index (κ2) is 8.70. The highest BCUT2D eigenvalue weighted by Gasteiger charge is 2.04. The fourth-order valence-electron chi connectivity index (χ4n) is 1.22. The van der Waals surface area contributed by atoms with Gasteiger partial charge in [0.25, 0.3) is 0 Å². The Bertz CT molecular complexity index is 326. The minimum Gasteiger partial charge on any atom is -0.462 e. The van der Waals surface area contributed by atoms with Gasteiger partial charge in [0.2, 0.25) is 0 Å². The molecule has 1 aliphatic heterocycles. The summed E-state index contributed by atoms with van der Waals surface area (Å²) in [6.07, 6.45) is 4.56. The van der Waals surface area contributed by atoms with Crippen molar-refractivity contribution in [3.8, 4) is 0 Å². The second-order valence-electron chi connectivity index (χ2n) is 3.98. The van der Waals surface area contributed by atoms with E-state index in [0.29, 0.717) is 13.0 Å². The third-order valence-corrected chi connectivity index (χ3v) is 2.06. The first-order chi connectivity index (χ1) is 7.95. The largest absolute Gasteiger partial charge is 0.462 e. The van der Waals surface area contributed by atoms with Crippen molar-refractivity contribution in [1.82, 2.24) is 0 Å². The van der Waals surface area contributed by atoms with E-state index in [1.54, 1.807) is 0 Å². The maximum atomic E-state index is 10.4. The van der Waals surface area contributed by atoms with Gasteiger partial charge in [-0.25, -0.2) is 4.79 Å². The van der Waals surface area contributed by atoms with Crippen molar-refractivity contribution in [2.45, 2.75) is 33.6 Å². The van der Waals surface area contributed by atoms with Gasteiger partial charge in [0.1, 0.15) is 0 Å². The molecule has 96 valence electrons. The zero-order valence-corrected chi connectivity index (χ0v) is 10.7. The number of esters is 1. The number of hydrogen-bond donors (Lipinski definition) is 1. The molecule has 0 saturated carbocycles. The zero-order chi connectivity index (χ0) is 13.3. The Morgan fingerprint density at radius 2 is 2.18 bits per heavy atom. The first kappa shape index (κ1) is 15.6. The number of hydrogen-bond acceptors (Lipinski definition) is 4. The number of rotatable bonds is 3. The normalized spacial score (nSPS) is 15.4. The van der Waals surface area contributed by atoms with Crippen LogP contribution in [0, 0.1) is 0 Å². The Morgan fingerprint density at radius 3 is 2.53 bits per heavy atom. The first-order valence-electron chi connectivity index (χ1n) is 5.58. The van der Waals surface area contributed by atoms with Gasteiger partial charge in [-0.15, -0.1) is 0 Å². The summed E-state index contributed by atoms with van der Waals surface area (Å²) in [5.74, 6) is -0.158. The molecular weight excluding hydrogens is 220 g/mol. The summed E-state index contributed by atoms with van der Waals surface area (Å²) in [4.78, 5) is 20.7. The quantitative estimate of drug-likeness (QED) is 0.603. The minimum atomic E-state index is -0.200. The van der Waals surface area contributed by atoms with E-state index >= 15 is 0 Å². The molecule has 0 aromatic carbocycles. The maximum Gasteiger partial charge on any atom is 0.330 e. The number of ether oxygens (including phenoxy) is 1. The number of ketones is 1. The number of cyclic esters (lactones) is 1. The minimum absolute atomic E-state index is 0.0425. The molecular formula is C13H20O4. The Morgan fingerprint density at radius 1 is 1.53 bits per heavy atom. The highest BCUT2D eigenvalue weighted by molar-refractivity contribution is 5.87. The molecule has 1 aliphatic rings. The molecule has 1 heterocycles. The third kappa shape index (κ3) is 9.51. The molecule has 0 saturated heterocycles. The van der Waals surface area contributed by atoms with E-state index in [1.165, 1.54) is 19.1 Å². The summed E-state index contributed by atoms with van der Waals surface area (Å²) < 4.78 is 4.63. The summed E-state index contributed by atoms with van der Waals surface area (Å²) in [6.45, 7) is 5.94. The van der Waals surface area contributed by atoms with Crippen LogP contribution in [0.5, 0.6) is 0 Å². The number of carbonyl (C=O) groups excluding carboxylic acids is 2. The molecule has 1 N–H and O–H groups in total. The maximum absolute atomic E-state index is 10.4. The molecule has 0 bridgehead atoms. The number of aliphatic hydroxyl groups excluding tert-OH is 1. The van der Waals surface area contributed by atoms with Gasteiger partial charge >= 0.3 is 5.97 Å². The van der Waals surface area contributed by atoms with E-state index in [9.17, 15) is 9.59 Å². The molecule has 17 heavy (non-hydrogen) atoms. The molecule has 0 aromatic heterocycles. The van der Waals surface area contributed by atoms with Crippen molar-refractivity contribution in [2.75, 3.05) is 13.2 Å². The molecule has 0 atom stereocenters. The van der Waals surface area contributed by atoms with E-state index in [1.807, 2.05) is 13.8 Å². The summed E-state index contributed by atoms with van der Waals surface area (Å²) in [5, 5.41) is 8.40. The fourth-order valence-corrected chi connectivity index (χ4v) is 1.22. The third-order valence-electron chi connectivity index (χ3n) is 2.06. The average molecular weight is 240 g/mol. The van der Waals surface area contributed by atoms with Crippen LogP contribution >= 0.6 is 0 Å². The standard InChI is InChI=1S/C7H12O2.C6H8O2/c1-6(3-4-8)5-7(2)9;1-5-2-3-8-6(7)4-5/h5,8H,3-4H2,1-2H3;4H,2-3H2,1H3/b6-5+;. The van der Waals surface area contributed by atoms with Gasteiger partial charge in [-0.05, 0) is 33.3 Å². The van der Waals surface area contributed by atoms with Crippen LogP contribution < -0.4 is 0 Å². The zero-order valence-electron chi connectivity index (χ0n) is 10.7. The number of allylic oxidation sites excluding steroid dienone is 1. The highest BCUT2D eigenvalue weighted by atomic mass is 16.5. The van der Waals surface area contributed by atoms with Gasteiger partial charge in [-0.2, -0.15) is 0 Å². The monoisotopic (exact) mass is 240 g/mol. The van der Waals surface area contributed by atoms with Crippen LogP contribution in [-0.4, -0.2) is 30.1 Å². The van der Waals surface area contributed by atoms with Crippen molar-refractivity contribution in [3.63, 3.8) is 0 Å². The van der Waals surface area contributed by atoms with Gasteiger partial charge in [-0.1, -0.05) is 11.1 Å². The molecule has 1 rings (SSSR count). The predicted molar refractivity (Wildman–Crippen MR) is 65.5 cm³/mol. The van der Waals surface area contributed by atoms with E-state index < -0.39 is 0 Å². The number of carbonyl (C=O) groups is 2. The molecule has 0 aromatic rings. The van der Waals surface area contributed by atoms with Crippen molar-refractivity contribution in [1.29, 1.82) is 0 Å². The molecule has 0 unspecified atom stereocenters. The van der Waals surface area contributed by atoms with Gasteiger partial charge in [0.05, 0.1) is 6.61 Å². The Labute approximate surface area is 102 Å². The van der Waals surface area contributed by atoms with Gasteiger partial charge in [0, 0.05) is 19.1 Å². The van der Waals surface area contributed by atoms with Crippen LogP contribution in [0.25, 0.3) is 0 Å². The number of aliphatic hydroxyl groups is 1. The molecule has 0 radical (unpaired) electrons. The van der Waals surface area contributed by atoms with Crippen LogP contribution in [-0.2, 0) is 14.3 Å². The van der Waals surface area contributed by atoms with Crippen molar-refractivity contribution >= 4 is 11.8 Å². The van der Waals surface area contributed by atoms with E-state index in [0.717, 1.165) is 17.6 Å². The molecule has 0 aliphatic carbocycles. The van der Waals surface area contributed by atoms with Crippen LogP contribution in [0.3, 0.4) is 0 Å². The van der Waals surface area contributed by atoms with Crippen LogP contribution in [0.2, 0.25) is 0 Å². The summed E-state index contributed by atoms with van der Waals surface area (Å²) in [6, 6.07) is 0. The Hall–Kier alpha value is -1.42. The molecule has 0 amide bonds. The SMILES string of the molecule is CC(=O)/C=C(\C)CCO.CC1=CC(=O)OCC1. The van der Waals surface area contributed by atoms with Crippen molar-refractivity contribution in [2.24, 2.45) is 0 Å². The first-order valence-corrected chi connectivity index (χ1v) is 5.58. The lowest BCUT2D eigenvalue weighted by molar-refractivity contribution is -0.138. The van der Waals surface area contributed by atoms with Gasteiger partial charge in [0.15, 0.2) is 5.78 Å². The van der Waals surface area contributed by atoms with Crippen LogP contribution in [0.15, 0.2) is 23.3 Å². The lowest BCUT2D eigenvalue weighted by Gasteiger charge is -2.07. The molecule has 0 fully saturated rings. The lowest BCUT2D eigenvalue weighted by Crippen LogP contribution is -2.08. The topological polar surface area (TPSA) is 63.6 Å². The summed E-state index contributed by atoms with van der Waals surface area (Å²) in [7, 11) is 0. The fraction of sp³-hybridized carbons (Fsp3) is 0.538. The van der Waals surface area contributed by atoms with E-state index in [-0.39, 0.29) is 18.4 Å². The lowest BCUT2D eigenvalue weighted by atomic mass is 10.2. The van der Waals surface area contributed by atoms with Gasteiger partial charge < -0.3 is 9.84 Å². The Balaban J connectivity index is 0.000000302. The van der Waals surface area contributed by atoms with E-state index in [2.05, 4.69) is 4.74 Å². The summed E-state index contributed by atoms with van der Waals surface area (Å²) in [5.41, 5.74) is 2.05. The van der Waals surface area contributed by atoms with Crippen LogP contribution in [0.1, 0.15) is 33.6 Å². The van der Waals surface area contributed by atoms with Crippen molar-refractivity contribution in [3.05, 3.63) is 23.3 Å². The molecule has 4 nitrogen and oxygen atoms in total. The molecule has 0 spiro atoms. The predicted octanol–water partition coefficient (Wildman–Crippen LogP) is 1.78. The highest BCUT2D eigenvalue weighted by Crippen LogP contribution is 2.05. The summed E-state index contributed by atoms with van der Waals surface area (Å²) >= 11 is 0.